The molecule has 1 aromatic rings. The molecule has 1 atom stereocenters. The van der Waals surface area contributed by atoms with Crippen LogP contribution in [-0.2, 0) is 13.0 Å². The van der Waals surface area contributed by atoms with Crippen molar-refractivity contribution in [2.75, 3.05) is 7.05 Å². The van der Waals surface area contributed by atoms with Gasteiger partial charge in [0.1, 0.15) is 5.82 Å². The molecule has 0 aromatic carbocycles. The van der Waals surface area contributed by atoms with Gasteiger partial charge in [-0.3, -0.25) is 0 Å². The molecule has 3 heteroatoms. The fourth-order valence-electron chi connectivity index (χ4n) is 2.72. The van der Waals surface area contributed by atoms with E-state index in [2.05, 4.69) is 41.1 Å². The molecule has 0 saturated heterocycles. The second kappa shape index (κ2) is 6.74. The van der Waals surface area contributed by atoms with Crippen LogP contribution in [0.5, 0.6) is 0 Å². The highest BCUT2D eigenvalue weighted by atomic mass is 15.1. The fourth-order valence-corrected chi connectivity index (χ4v) is 2.72. The van der Waals surface area contributed by atoms with E-state index in [1.165, 1.54) is 37.9 Å². The van der Waals surface area contributed by atoms with Gasteiger partial charge in [-0.25, -0.2) is 4.98 Å². The number of aromatic nitrogens is 2. The maximum Gasteiger partial charge on any atom is 0.110 e. The van der Waals surface area contributed by atoms with Crippen LogP contribution in [0.4, 0.5) is 0 Å². The molecule has 0 bridgehead atoms. The molecular formula is C15H25N3. The largest absolute Gasteiger partial charge is 0.335 e. The molecule has 1 aliphatic rings. The van der Waals surface area contributed by atoms with Crippen LogP contribution in [0.2, 0.25) is 0 Å². The molecule has 3 nitrogen and oxygen atoms in total. The highest BCUT2D eigenvalue weighted by Gasteiger charge is 2.14. The predicted octanol–water partition coefficient (Wildman–Crippen LogP) is 2.92. The second-order valence-corrected chi connectivity index (χ2v) is 5.13. The van der Waals surface area contributed by atoms with Crippen molar-refractivity contribution in [1.82, 2.24) is 14.9 Å². The summed E-state index contributed by atoms with van der Waals surface area (Å²) in [5.74, 6) is 1.20. The molecule has 1 aliphatic carbocycles. The van der Waals surface area contributed by atoms with Gasteiger partial charge in [0.2, 0.25) is 0 Å². The molecule has 1 aromatic heterocycles. The third-order valence-electron chi connectivity index (χ3n) is 3.87. The van der Waals surface area contributed by atoms with E-state index in [1.54, 1.807) is 5.57 Å². The Morgan fingerprint density at radius 1 is 1.39 bits per heavy atom. The van der Waals surface area contributed by atoms with Gasteiger partial charge in [0.25, 0.3) is 0 Å². The Morgan fingerprint density at radius 2 is 2.28 bits per heavy atom. The number of rotatable bonds is 6. The summed E-state index contributed by atoms with van der Waals surface area (Å²) in [5, 5.41) is 3.44. The van der Waals surface area contributed by atoms with Gasteiger partial charge in [-0.2, -0.15) is 0 Å². The summed E-state index contributed by atoms with van der Waals surface area (Å²) < 4.78 is 2.24. The molecule has 0 spiro atoms. The third-order valence-corrected chi connectivity index (χ3v) is 3.87. The maximum atomic E-state index is 4.47. The van der Waals surface area contributed by atoms with Gasteiger partial charge < -0.3 is 9.88 Å². The topological polar surface area (TPSA) is 29.9 Å². The first-order chi connectivity index (χ1) is 8.83. The van der Waals surface area contributed by atoms with E-state index in [4.69, 9.17) is 0 Å². The van der Waals surface area contributed by atoms with E-state index < -0.39 is 0 Å². The van der Waals surface area contributed by atoms with Crippen molar-refractivity contribution in [1.29, 1.82) is 0 Å². The Bertz CT molecular complexity index is 392. The van der Waals surface area contributed by atoms with Crippen molar-refractivity contribution >= 4 is 0 Å². The molecule has 0 aliphatic heterocycles. The van der Waals surface area contributed by atoms with Crippen LogP contribution in [0.25, 0.3) is 0 Å². The average Bonchev–Trinajstić information content (AvgIpc) is 2.86. The zero-order chi connectivity index (χ0) is 12.8. The molecule has 0 fully saturated rings. The highest BCUT2D eigenvalue weighted by molar-refractivity contribution is 5.08. The first-order valence-corrected chi connectivity index (χ1v) is 7.18. The first kappa shape index (κ1) is 13.3. The van der Waals surface area contributed by atoms with Crippen LogP contribution in [-0.4, -0.2) is 22.6 Å². The molecule has 1 N–H and O–H groups in total. The van der Waals surface area contributed by atoms with Crippen LogP contribution in [0.1, 0.15) is 44.9 Å². The lowest BCUT2D eigenvalue weighted by Crippen LogP contribution is -2.29. The van der Waals surface area contributed by atoms with Crippen LogP contribution < -0.4 is 5.32 Å². The molecule has 0 radical (unpaired) electrons. The number of allylic oxidation sites excluding steroid dienone is 1. The van der Waals surface area contributed by atoms with Crippen molar-refractivity contribution in [3.63, 3.8) is 0 Å². The Morgan fingerprint density at radius 3 is 2.94 bits per heavy atom. The van der Waals surface area contributed by atoms with Crippen LogP contribution in [0.15, 0.2) is 24.0 Å². The average molecular weight is 247 g/mol. The van der Waals surface area contributed by atoms with E-state index in [0.29, 0.717) is 6.04 Å². The molecule has 0 amide bonds. The Kier molecular flexibility index (Phi) is 5.00. The van der Waals surface area contributed by atoms with Crippen LogP contribution in [0, 0.1) is 0 Å². The minimum atomic E-state index is 0.516. The van der Waals surface area contributed by atoms with Gasteiger partial charge in [-0.05, 0) is 46.1 Å². The minimum absolute atomic E-state index is 0.516. The molecule has 2 rings (SSSR count). The van der Waals surface area contributed by atoms with Crippen molar-refractivity contribution in [3.8, 4) is 0 Å². The molecule has 1 unspecified atom stereocenters. The number of nitrogens with one attached hydrogen (secondary N) is 1. The molecule has 1 heterocycles. The van der Waals surface area contributed by atoms with E-state index in [-0.39, 0.29) is 0 Å². The van der Waals surface area contributed by atoms with Gasteiger partial charge in [0.05, 0.1) is 0 Å². The molecule has 18 heavy (non-hydrogen) atoms. The summed E-state index contributed by atoms with van der Waals surface area (Å²) in [5.41, 5.74) is 1.63. The number of likely N-dealkylation sites (N-methyl/N-ethyl adjacent to an activating group) is 1. The number of hydrogen-bond donors (Lipinski definition) is 1. The van der Waals surface area contributed by atoms with Crippen molar-refractivity contribution in [3.05, 3.63) is 29.9 Å². The normalized spacial score (nSPS) is 17.6. The lowest BCUT2D eigenvalue weighted by molar-refractivity contribution is 0.509. The number of aryl methyl sites for hydroxylation is 1. The first-order valence-electron chi connectivity index (χ1n) is 7.18. The van der Waals surface area contributed by atoms with Gasteiger partial charge >= 0.3 is 0 Å². The van der Waals surface area contributed by atoms with E-state index in [1.807, 2.05) is 6.20 Å². The number of hydrogen-bond acceptors (Lipinski definition) is 2. The maximum absolute atomic E-state index is 4.47. The molecular weight excluding hydrogens is 222 g/mol. The summed E-state index contributed by atoms with van der Waals surface area (Å²) >= 11 is 0. The summed E-state index contributed by atoms with van der Waals surface area (Å²) in [7, 11) is 2.06. The lowest BCUT2D eigenvalue weighted by Gasteiger charge is -2.20. The number of nitrogens with zero attached hydrogens (tertiary/aromatic N) is 2. The predicted molar refractivity (Wildman–Crippen MR) is 75.6 cm³/mol. The Labute approximate surface area is 110 Å². The third kappa shape index (κ3) is 3.45. The van der Waals surface area contributed by atoms with Crippen molar-refractivity contribution < 1.29 is 0 Å². The fraction of sp³-hybridized carbons (Fsp3) is 0.667. The van der Waals surface area contributed by atoms with E-state index >= 15 is 0 Å². The van der Waals surface area contributed by atoms with E-state index in [0.717, 1.165) is 13.0 Å². The lowest BCUT2D eigenvalue weighted by atomic mass is 9.93. The summed E-state index contributed by atoms with van der Waals surface area (Å²) in [6.07, 6.45) is 13.9. The van der Waals surface area contributed by atoms with Crippen molar-refractivity contribution in [2.24, 2.45) is 0 Å². The SMILES string of the molecule is CCn1ccnc1CC(CC1=CCCCC1)NC. The summed E-state index contributed by atoms with van der Waals surface area (Å²) in [6.45, 7) is 3.18. The summed E-state index contributed by atoms with van der Waals surface area (Å²) in [4.78, 5) is 4.47. The van der Waals surface area contributed by atoms with Crippen LogP contribution in [0.3, 0.4) is 0 Å². The minimum Gasteiger partial charge on any atom is -0.335 e. The zero-order valence-corrected chi connectivity index (χ0v) is 11.7. The Hall–Kier alpha value is -1.09. The molecule has 100 valence electrons. The monoisotopic (exact) mass is 247 g/mol. The second-order valence-electron chi connectivity index (χ2n) is 5.13. The van der Waals surface area contributed by atoms with E-state index in [9.17, 15) is 0 Å². The van der Waals surface area contributed by atoms with Gasteiger partial charge in [-0.1, -0.05) is 11.6 Å². The van der Waals surface area contributed by atoms with Gasteiger partial charge in [0, 0.05) is 31.4 Å². The van der Waals surface area contributed by atoms with Crippen LogP contribution >= 0.6 is 0 Å². The van der Waals surface area contributed by atoms with Crippen molar-refractivity contribution in [2.45, 2.75) is 58.0 Å². The summed E-state index contributed by atoms with van der Waals surface area (Å²) in [6, 6.07) is 0.516. The van der Waals surface area contributed by atoms with Gasteiger partial charge in [0.15, 0.2) is 0 Å². The zero-order valence-electron chi connectivity index (χ0n) is 11.7. The standard InChI is InChI=1S/C15H25N3/c1-3-18-10-9-17-15(18)12-14(16-2)11-13-7-5-4-6-8-13/h7,9-10,14,16H,3-6,8,11-12H2,1-2H3. The van der Waals surface area contributed by atoms with Gasteiger partial charge in [-0.15, -0.1) is 0 Å². The smallest absolute Gasteiger partial charge is 0.110 e. The quantitative estimate of drug-likeness (QED) is 0.783. The Balaban J connectivity index is 1.94. The number of imidazole rings is 1. The molecule has 0 saturated carbocycles. The highest BCUT2D eigenvalue weighted by Crippen LogP contribution is 2.22.